The lowest BCUT2D eigenvalue weighted by molar-refractivity contribution is -0.0151. The molecule has 3 N–H and O–H groups in total. The van der Waals surface area contributed by atoms with Crippen LogP contribution in [-0.4, -0.2) is 47.3 Å². The Labute approximate surface area is 80.2 Å². The van der Waals surface area contributed by atoms with Crippen LogP contribution in [0.3, 0.4) is 0 Å². The van der Waals surface area contributed by atoms with Crippen molar-refractivity contribution < 1.29 is 20.1 Å². The monoisotopic (exact) mass is 194 g/mol. The molecular weight excluding hydrogens is 172 g/mol. The summed E-state index contributed by atoms with van der Waals surface area (Å²) < 4.78 is 4.83. The number of hydrogen-bond acceptors (Lipinski definition) is 4. The van der Waals surface area contributed by atoms with Crippen LogP contribution in [-0.2, 0) is 4.74 Å². The van der Waals surface area contributed by atoms with Gasteiger partial charge in [0.25, 0.3) is 0 Å². The fourth-order valence-corrected chi connectivity index (χ4v) is 0.598. The first-order valence-corrected chi connectivity index (χ1v) is 4.68. The van der Waals surface area contributed by atoms with E-state index in [0.717, 1.165) is 13.2 Å². The summed E-state index contributed by atoms with van der Waals surface area (Å²) in [6, 6.07) is 0. The second kappa shape index (κ2) is 11.8. The molecule has 82 valence electrons. The van der Waals surface area contributed by atoms with E-state index in [-0.39, 0.29) is 6.61 Å². The summed E-state index contributed by atoms with van der Waals surface area (Å²) in [6.45, 7) is 7.04. The van der Waals surface area contributed by atoms with E-state index in [2.05, 4.69) is 0 Å². The van der Waals surface area contributed by atoms with Crippen LogP contribution in [0.15, 0.2) is 0 Å². The molecule has 4 heteroatoms. The maximum Gasteiger partial charge on any atom is 0.103 e. The van der Waals surface area contributed by atoms with Crippen molar-refractivity contribution in [2.75, 3.05) is 19.8 Å². The number of aliphatic hydroxyl groups excluding tert-OH is 3. The normalized spacial score (nSPS) is 14.3. The SMILES string of the molecule is CCC(O)C(O)CO.CCOCC. The Hall–Kier alpha value is -0.160. The van der Waals surface area contributed by atoms with Crippen LogP contribution < -0.4 is 0 Å². The lowest BCUT2D eigenvalue weighted by atomic mass is 10.2. The average molecular weight is 194 g/mol. The third-order valence-electron chi connectivity index (χ3n) is 1.46. The summed E-state index contributed by atoms with van der Waals surface area (Å²) >= 11 is 0. The second-order valence-corrected chi connectivity index (χ2v) is 2.51. The van der Waals surface area contributed by atoms with Crippen LogP contribution in [0.1, 0.15) is 27.2 Å². The number of ether oxygens (including phenoxy) is 1. The van der Waals surface area contributed by atoms with Gasteiger partial charge in [-0.15, -0.1) is 0 Å². The van der Waals surface area contributed by atoms with E-state index in [9.17, 15) is 0 Å². The largest absolute Gasteiger partial charge is 0.394 e. The average Bonchev–Trinajstić information content (AvgIpc) is 2.17. The fourth-order valence-electron chi connectivity index (χ4n) is 0.598. The Kier molecular flexibility index (Phi) is 14.0. The first-order chi connectivity index (χ1) is 6.13. The summed E-state index contributed by atoms with van der Waals surface area (Å²) in [5.74, 6) is 0. The van der Waals surface area contributed by atoms with E-state index in [1.165, 1.54) is 0 Å². The van der Waals surface area contributed by atoms with Crippen LogP contribution >= 0.6 is 0 Å². The van der Waals surface area contributed by atoms with Crippen molar-refractivity contribution in [1.82, 2.24) is 0 Å². The molecule has 0 saturated heterocycles. The Bertz CT molecular complexity index is 77.7. The Morgan fingerprint density at radius 1 is 1.00 bits per heavy atom. The Morgan fingerprint density at radius 3 is 1.54 bits per heavy atom. The summed E-state index contributed by atoms with van der Waals surface area (Å²) in [4.78, 5) is 0. The van der Waals surface area contributed by atoms with Gasteiger partial charge in [0.1, 0.15) is 6.10 Å². The second-order valence-electron chi connectivity index (χ2n) is 2.51. The van der Waals surface area contributed by atoms with Crippen molar-refractivity contribution in [3.05, 3.63) is 0 Å². The minimum absolute atomic E-state index is 0.366. The van der Waals surface area contributed by atoms with Crippen LogP contribution in [0.2, 0.25) is 0 Å². The van der Waals surface area contributed by atoms with E-state index in [4.69, 9.17) is 20.1 Å². The molecule has 0 rings (SSSR count). The Morgan fingerprint density at radius 2 is 1.46 bits per heavy atom. The first-order valence-electron chi connectivity index (χ1n) is 4.68. The van der Waals surface area contributed by atoms with Crippen molar-refractivity contribution >= 4 is 0 Å². The van der Waals surface area contributed by atoms with Gasteiger partial charge in [0.15, 0.2) is 0 Å². The molecule has 0 heterocycles. The van der Waals surface area contributed by atoms with Gasteiger partial charge in [-0.05, 0) is 20.3 Å². The van der Waals surface area contributed by atoms with Gasteiger partial charge >= 0.3 is 0 Å². The molecule has 0 aromatic carbocycles. The topological polar surface area (TPSA) is 69.9 Å². The van der Waals surface area contributed by atoms with Crippen molar-refractivity contribution in [3.8, 4) is 0 Å². The zero-order chi connectivity index (χ0) is 10.7. The number of rotatable bonds is 5. The molecule has 0 spiro atoms. The van der Waals surface area contributed by atoms with Gasteiger partial charge in [0, 0.05) is 13.2 Å². The highest BCUT2D eigenvalue weighted by Gasteiger charge is 2.10. The van der Waals surface area contributed by atoms with E-state index in [1.54, 1.807) is 6.92 Å². The standard InChI is InChI=1S/C5H12O3.C4H10O/c1-2-4(7)5(8)3-6;1-3-5-4-2/h4-8H,2-3H2,1H3;3-4H2,1-2H3. The van der Waals surface area contributed by atoms with Crippen molar-refractivity contribution in [2.45, 2.75) is 39.4 Å². The van der Waals surface area contributed by atoms with E-state index < -0.39 is 12.2 Å². The smallest absolute Gasteiger partial charge is 0.103 e. The van der Waals surface area contributed by atoms with Crippen LogP contribution in [0, 0.1) is 0 Å². The van der Waals surface area contributed by atoms with Crippen LogP contribution in [0.5, 0.6) is 0 Å². The lowest BCUT2D eigenvalue weighted by Gasteiger charge is -2.11. The minimum atomic E-state index is -0.972. The lowest BCUT2D eigenvalue weighted by Crippen LogP contribution is -2.28. The van der Waals surface area contributed by atoms with Gasteiger partial charge in [-0.25, -0.2) is 0 Å². The molecule has 0 aliphatic heterocycles. The fraction of sp³-hybridized carbons (Fsp3) is 1.00. The Balaban J connectivity index is 0. The number of aliphatic hydroxyl groups is 3. The summed E-state index contributed by atoms with van der Waals surface area (Å²) in [6.07, 6.45) is -1.28. The molecule has 0 aliphatic carbocycles. The molecule has 4 nitrogen and oxygen atoms in total. The highest BCUT2D eigenvalue weighted by atomic mass is 16.5. The zero-order valence-corrected chi connectivity index (χ0v) is 8.73. The first kappa shape index (κ1) is 15.3. The van der Waals surface area contributed by atoms with Gasteiger partial charge in [-0.1, -0.05) is 6.92 Å². The summed E-state index contributed by atoms with van der Waals surface area (Å²) in [5.41, 5.74) is 0. The zero-order valence-electron chi connectivity index (χ0n) is 8.73. The van der Waals surface area contributed by atoms with Crippen LogP contribution in [0.25, 0.3) is 0 Å². The van der Waals surface area contributed by atoms with E-state index in [1.807, 2.05) is 13.8 Å². The van der Waals surface area contributed by atoms with Gasteiger partial charge in [-0.3, -0.25) is 0 Å². The van der Waals surface area contributed by atoms with Crippen molar-refractivity contribution in [3.63, 3.8) is 0 Å². The minimum Gasteiger partial charge on any atom is -0.394 e. The molecule has 0 aromatic rings. The van der Waals surface area contributed by atoms with Crippen molar-refractivity contribution in [2.24, 2.45) is 0 Å². The maximum atomic E-state index is 8.72. The molecule has 2 unspecified atom stereocenters. The van der Waals surface area contributed by atoms with E-state index in [0.29, 0.717) is 6.42 Å². The summed E-state index contributed by atoms with van der Waals surface area (Å²) in [5, 5.41) is 25.6. The molecule has 0 radical (unpaired) electrons. The van der Waals surface area contributed by atoms with Gasteiger partial charge in [-0.2, -0.15) is 0 Å². The predicted octanol–water partition coefficient (Wildman–Crippen LogP) is 0.153. The molecule has 0 aliphatic rings. The molecule has 13 heavy (non-hydrogen) atoms. The van der Waals surface area contributed by atoms with Crippen molar-refractivity contribution in [1.29, 1.82) is 0 Å². The molecule has 0 bridgehead atoms. The van der Waals surface area contributed by atoms with Gasteiger partial charge in [0.05, 0.1) is 12.7 Å². The molecule has 0 aromatic heterocycles. The summed E-state index contributed by atoms with van der Waals surface area (Å²) in [7, 11) is 0. The molecule has 2 atom stereocenters. The highest BCUT2D eigenvalue weighted by molar-refractivity contribution is 4.62. The van der Waals surface area contributed by atoms with E-state index >= 15 is 0 Å². The predicted molar refractivity (Wildman–Crippen MR) is 51.6 cm³/mol. The molecular formula is C9H22O4. The molecule has 0 saturated carbocycles. The van der Waals surface area contributed by atoms with Gasteiger partial charge in [0.2, 0.25) is 0 Å². The third kappa shape index (κ3) is 11.8. The highest BCUT2D eigenvalue weighted by Crippen LogP contribution is 1.95. The maximum absolute atomic E-state index is 8.72. The van der Waals surface area contributed by atoms with Crippen LogP contribution in [0.4, 0.5) is 0 Å². The molecule has 0 amide bonds. The quantitative estimate of drug-likeness (QED) is 0.583. The molecule has 0 fully saturated rings. The number of hydrogen-bond donors (Lipinski definition) is 3. The third-order valence-corrected chi connectivity index (χ3v) is 1.46. The van der Waals surface area contributed by atoms with Gasteiger partial charge < -0.3 is 20.1 Å².